The third kappa shape index (κ3) is 4.71. The number of rotatable bonds is 6. The first-order valence-electron chi connectivity index (χ1n) is 11.0. The van der Waals surface area contributed by atoms with Crippen molar-refractivity contribution in [2.45, 2.75) is 6.04 Å². The Kier molecular flexibility index (Phi) is 6.37. The van der Waals surface area contributed by atoms with Gasteiger partial charge in [0.1, 0.15) is 6.04 Å². The predicted molar refractivity (Wildman–Crippen MR) is 133 cm³/mol. The summed E-state index contributed by atoms with van der Waals surface area (Å²) in [7, 11) is 0. The molecular weight excluding hydrogens is 498 g/mol. The second kappa shape index (κ2) is 9.74. The summed E-state index contributed by atoms with van der Waals surface area (Å²) < 4.78 is 7.17. The maximum absolute atomic E-state index is 11.0. The van der Waals surface area contributed by atoms with Crippen LogP contribution in [0.2, 0.25) is 0 Å². The van der Waals surface area contributed by atoms with Crippen LogP contribution in [0.5, 0.6) is 0 Å². The highest BCUT2D eigenvalue weighted by Gasteiger charge is 2.31. The fourth-order valence-corrected chi connectivity index (χ4v) is 4.48. The molecule has 8 nitrogen and oxygen atoms in total. The van der Waals surface area contributed by atoms with Gasteiger partial charge >= 0.3 is 0 Å². The van der Waals surface area contributed by atoms with Gasteiger partial charge in [0.15, 0.2) is 0 Å². The first-order chi connectivity index (χ1) is 16.6. The number of hydrogen-bond donors (Lipinski definition) is 0. The number of non-ortho nitro benzene ring substituents is 1. The Morgan fingerprint density at radius 3 is 2.21 bits per heavy atom. The number of benzene rings is 3. The fourth-order valence-electron chi connectivity index (χ4n) is 4.22. The Bertz CT molecular complexity index is 1250. The van der Waals surface area contributed by atoms with Crippen LogP contribution in [-0.2, 0) is 0 Å². The lowest BCUT2D eigenvalue weighted by Crippen LogP contribution is -2.48. The molecule has 34 heavy (non-hydrogen) atoms. The first-order valence-corrected chi connectivity index (χ1v) is 11.8. The Morgan fingerprint density at radius 2 is 1.56 bits per heavy atom. The maximum Gasteiger partial charge on any atom is 0.269 e. The van der Waals surface area contributed by atoms with Crippen LogP contribution in [0, 0.1) is 10.1 Å². The number of aromatic nitrogens is 2. The minimum atomic E-state index is -0.376. The van der Waals surface area contributed by atoms with Gasteiger partial charge in [0.05, 0.1) is 4.92 Å². The van der Waals surface area contributed by atoms with Gasteiger partial charge in [-0.3, -0.25) is 15.0 Å². The molecule has 0 N–H and O–H groups in total. The summed E-state index contributed by atoms with van der Waals surface area (Å²) in [6, 6.07) is 24.5. The van der Waals surface area contributed by atoms with Crippen LogP contribution in [0.4, 0.5) is 11.4 Å². The summed E-state index contributed by atoms with van der Waals surface area (Å²) >= 11 is 3.52. The molecule has 1 atom stereocenters. The van der Waals surface area contributed by atoms with Gasteiger partial charge in [0, 0.05) is 54.0 Å². The van der Waals surface area contributed by atoms with Crippen molar-refractivity contribution in [1.82, 2.24) is 15.1 Å². The van der Waals surface area contributed by atoms with Gasteiger partial charge in [-0.1, -0.05) is 46.3 Å². The number of piperazine rings is 1. The average molecular weight is 520 g/mol. The predicted octanol–water partition coefficient (Wildman–Crippen LogP) is 5.32. The number of nitrogens with zero attached hydrogens (tertiary/aromatic N) is 5. The molecule has 0 radical (unpaired) electrons. The van der Waals surface area contributed by atoms with Crippen LogP contribution in [0.15, 0.2) is 87.8 Å². The minimum Gasteiger partial charge on any atom is -0.419 e. The summed E-state index contributed by atoms with van der Waals surface area (Å²) in [6.07, 6.45) is 0. The topological polar surface area (TPSA) is 88.5 Å². The number of nitro groups is 1. The van der Waals surface area contributed by atoms with Crippen LogP contribution in [0.1, 0.15) is 17.5 Å². The Balaban J connectivity index is 1.38. The van der Waals surface area contributed by atoms with Crippen molar-refractivity contribution in [3.63, 3.8) is 0 Å². The van der Waals surface area contributed by atoms with Gasteiger partial charge in [-0.05, 0) is 42.0 Å². The molecule has 4 aromatic rings. The van der Waals surface area contributed by atoms with Crippen molar-refractivity contribution >= 4 is 27.3 Å². The van der Waals surface area contributed by atoms with Gasteiger partial charge in [0.25, 0.3) is 5.69 Å². The van der Waals surface area contributed by atoms with Crippen LogP contribution < -0.4 is 4.90 Å². The number of hydrogen-bond acceptors (Lipinski definition) is 7. The van der Waals surface area contributed by atoms with Crippen molar-refractivity contribution in [2.75, 3.05) is 31.1 Å². The highest BCUT2D eigenvalue weighted by molar-refractivity contribution is 9.10. The molecule has 1 saturated heterocycles. The molecule has 0 aliphatic carbocycles. The molecule has 1 fully saturated rings. The molecule has 172 valence electrons. The standard InChI is InChI=1S/C25H22BrN5O3/c26-20-8-6-18(7-9-20)23(25-28-27-24(34-25)19-4-2-1-3-5-19)30-16-14-29(15-17-30)21-10-12-22(13-11-21)31(32)33/h1-13,23H,14-17H2/t23-/m0/s1. The van der Waals surface area contributed by atoms with E-state index in [1.54, 1.807) is 12.1 Å². The van der Waals surface area contributed by atoms with E-state index in [0.717, 1.165) is 47.5 Å². The molecule has 1 aliphatic rings. The zero-order chi connectivity index (χ0) is 23.5. The summed E-state index contributed by atoms with van der Waals surface area (Å²) in [6.45, 7) is 3.12. The van der Waals surface area contributed by atoms with Crippen LogP contribution in [-0.4, -0.2) is 46.2 Å². The van der Waals surface area contributed by atoms with Gasteiger partial charge in [0.2, 0.25) is 11.8 Å². The van der Waals surface area contributed by atoms with E-state index in [1.165, 1.54) is 0 Å². The van der Waals surface area contributed by atoms with E-state index in [9.17, 15) is 10.1 Å². The van der Waals surface area contributed by atoms with Gasteiger partial charge in [-0.2, -0.15) is 0 Å². The van der Waals surface area contributed by atoms with E-state index < -0.39 is 0 Å². The molecular formula is C25H22BrN5O3. The second-order valence-corrected chi connectivity index (χ2v) is 8.98. The Labute approximate surface area is 205 Å². The van der Waals surface area contributed by atoms with E-state index >= 15 is 0 Å². The van der Waals surface area contributed by atoms with Crippen molar-refractivity contribution in [3.05, 3.63) is 105 Å². The molecule has 1 aromatic heterocycles. The third-order valence-electron chi connectivity index (χ3n) is 5.99. The highest BCUT2D eigenvalue weighted by Crippen LogP contribution is 2.32. The second-order valence-electron chi connectivity index (χ2n) is 8.06. The van der Waals surface area contributed by atoms with E-state index in [2.05, 4.69) is 48.1 Å². The molecule has 3 aromatic carbocycles. The monoisotopic (exact) mass is 519 g/mol. The van der Waals surface area contributed by atoms with E-state index in [1.807, 2.05) is 54.6 Å². The van der Waals surface area contributed by atoms with Crippen molar-refractivity contribution in [2.24, 2.45) is 0 Å². The first kappa shape index (κ1) is 22.2. The van der Waals surface area contributed by atoms with Crippen LogP contribution in [0.25, 0.3) is 11.5 Å². The molecule has 0 amide bonds. The Hall–Kier alpha value is -3.56. The van der Waals surface area contributed by atoms with Crippen LogP contribution in [0.3, 0.4) is 0 Å². The molecule has 0 unspecified atom stereocenters. The lowest BCUT2D eigenvalue weighted by Gasteiger charge is -2.39. The zero-order valence-corrected chi connectivity index (χ0v) is 19.8. The largest absolute Gasteiger partial charge is 0.419 e. The van der Waals surface area contributed by atoms with Gasteiger partial charge in [-0.25, -0.2) is 0 Å². The molecule has 2 heterocycles. The smallest absolute Gasteiger partial charge is 0.269 e. The fraction of sp³-hybridized carbons (Fsp3) is 0.200. The summed E-state index contributed by atoms with van der Waals surface area (Å²) in [5.41, 5.74) is 3.05. The number of anilines is 1. The highest BCUT2D eigenvalue weighted by atomic mass is 79.9. The van der Waals surface area contributed by atoms with E-state index in [-0.39, 0.29) is 16.7 Å². The molecule has 1 aliphatic heterocycles. The lowest BCUT2D eigenvalue weighted by molar-refractivity contribution is -0.384. The summed E-state index contributed by atoms with van der Waals surface area (Å²) in [4.78, 5) is 15.2. The number of nitro benzene ring substituents is 1. The van der Waals surface area contributed by atoms with E-state index in [4.69, 9.17) is 4.42 Å². The van der Waals surface area contributed by atoms with Crippen molar-refractivity contribution in [1.29, 1.82) is 0 Å². The molecule has 5 rings (SSSR count). The zero-order valence-electron chi connectivity index (χ0n) is 18.3. The Morgan fingerprint density at radius 1 is 0.882 bits per heavy atom. The molecule has 9 heteroatoms. The van der Waals surface area contributed by atoms with Crippen molar-refractivity contribution in [3.8, 4) is 11.5 Å². The molecule has 0 bridgehead atoms. The minimum absolute atomic E-state index is 0.100. The van der Waals surface area contributed by atoms with Gasteiger partial charge in [-0.15, -0.1) is 10.2 Å². The van der Waals surface area contributed by atoms with Gasteiger partial charge < -0.3 is 9.32 Å². The van der Waals surface area contributed by atoms with Crippen molar-refractivity contribution < 1.29 is 9.34 Å². The third-order valence-corrected chi connectivity index (χ3v) is 6.51. The normalized spacial score (nSPS) is 15.3. The van der Waals surface area contributed by atoms with E-state index in [0.29, 0.717) is 11.8 Å². The quantitative estimate of drug-likeness (QED) is 0.251. The lowest BCUT2D eigenvalue weighted by atomic mass is 10.0. The average Bonchev–Trinajstić information content (AvgIpc) is 3.36. The summed E-state index contributed by atoms with van der Waals surface area (Å²) in [5, 5.41) is 19.7. The van der Waals surface area contributed by atoms with Crippen LogP contribution >= 0.6 is 15.9 Å². The maximum atomic E-state index is 11.0. The molecule has 0 spiro atoms. The SMILES string of the molecule is O=[N+]([O-])c1ccc(N2CCN([C@@H](c3ccc(Br)cc3)c3nnc(-c4ccccc4)o3)CC2)cc1. The molecule has 0 saturated carbocycles. The number of halogens is 1. The summed E-state index contributed by atoms with van der Waals surface area (Å²) in [5.74, 6) is 1.06.